The van der Waals surface area contributed by atoms with Gasteiger partial charge in [-0.15, -0.1) is 0 Å². The average Bonchev–Trinajstić information content (AvgIpc) is 0.787. The second-order valence-corrected chi connectivity index (χ2v) is 40.3. The molecule has 0 saturated heterocycles. The third-order valence-corrected chi connectivity index (χ3v) is 24.5. The molecule has 0 aromatic heterocycles. The minimum Gasteiger partial charge on any atom is -0.171 e. The van der Waals surface area contributed by atoms with E-state index >= 15 is 0 Å². The lowest BCUT2D eigenvalue weighted by Crippen LogP contribution is -2.43. The van der Waals surface area contributed by atoms with Gasteiger partial charge in [-0.05, 0) is 95.7 Å². The predicted molar refractivity (Wildman–Crippen MR) is 466 cm³/mol. The molecule has 0 aliphatic carbocycles. The lowest BCUT2D eigenvalue weighted by molar-refractivity contribution is -0.288. The van der Waals surface area contributed by atoms with Crippen LogP contribution in [0.3, 0.4) is 0 Å². The van der Waals surface area contributed by atoms with Crippen LogP contribution >= 0.6 is 0 Å². The molecule has 4 unspecified atom stereocenters. The van der Waals surface area contributed by atoms with Crippen molar-refractivity contribution in [3.8, 4) is 0 Å². The van der Waals surface area contributed by atoms with Crippen molar-refractivity contribution in [3.05, 3.63) is 0 Å². The van der Waals surface area contributed by atoms with E-state index in [4.69, 9.17) is 0 Å². The molecule has 0 bridgehead atoms. The topological polar surface area (TPSA) is 0 Å². The summed E-state index contributed by atoms with van der Waals surface area (Å²) in [5, 5.41) is 0. The van der Waals surface area contributed by atoms with Crippen molar-refractivity contribution in [3.63, 3.8) is 0 Å². The van der Waals surface area contributed by atoms with Gasteiger partial charge in [0.25, 0.3) is 0 Å². The number of halogens is 45. The normalized spacial score (nSPS) is 15.6. The Kier molecular flexibility index (Phi) is 81.5. The van der Waals surface area contributed by atoms with E-state index in [0.29, 0.717) is 57.8 Å². The van der Waals surface area contributed by atoms with Crippen LogP contribution in [0.5, 0.6) is 0 Å². The van der Waals surface area contributed by atoms with Crippen LogP contribution in [0.4, 0.5) is 198 Å². The first-order valence-corrected chi connectivity index (χ1v) is 46.3. The number of alkyl halides is 45. The third-order valence-electron chi connectivity index (χ3n) is 24.5. The van der Waals surface area contributed by atoms with Gasteiger partial charge >= 0.3 is 92.6 Å². The van der Waals surface area contributed by atoms with Gasteiger partial charge in [-0.3, -0.25) is 0 Å². The first-order valence-electron chi connectivity index (χ1n) is 46.3. The molecular weight excluding hydrogens is 1980 g/mol. The van der Waals surface area contributed by atoms with Crippen LogP contribution in [-0.4, -0.2) is 92.6 Å². The second-order valence-electron chi connectivity index (χ2n) is 40.3. The van der Waals surface area contributed by atoms with Gasteiger partial charge in [-0.1, -0.05) is 340 Å². The summed E-state index contributed by atoms with van der Waals surface area (Å²) in [6.45, 7) is 58.8. The Morgan fingerprint density at radius 1 is 0.259 bits per heavy atom. The van der Waals surface area contributed by atoms with Crippen LogP contribution in [0.15, 0.2) is 0 Å². The lowest BCUT2D eigenvalue weighted by atomic mass is 9.69. The van der Waals surface area contributed by atoms with Gasteiger partial charge in [-0.25, -0.2) is 0 Å². The first-order chi connectivity index (χ1) is 60.3. The standard InChI is InChI=1S/3C8H15F3.2C7H10F6.8C7H13F3/c1-6(2,3)7(4,5)8(9,10)11;2*1-5(2)6(3)7(4)8(9,10)11;1-4(2)3-5(6(8,9)10)7(11,12)13;1-2-3-4-5(6(8,9)10)7(11,12)13;1-5(2)6(3,4)7(8,9)10;1-4-6(2,3)5-7(8,9)10;1-4-5-6(2,3)7(8,9)10;2*1-4-5(2)6(3)7(8,9)10;1-3-4-6(2)5-7(8,9)10;1-3-4-5-6(2)7(8,9)10;1-3-6(4-2)5-7(8,9)10/h1-5H3;2*5-7H,1-4H3;4-5H,3H2,1-2H3;5H,2-4H2,1H3;5H,1-4H3;2*4-5H2,1-3H3;2*5-6H,4H2,1-3H3;3*6H,3-5H2,1-2H3/t;2*6-,7?;;;;;;5?,6-;5-,6?;2*6-;/m.11.....1000./s1. The van der Waals surface area contributed by atoms with Gasteiger partial charge in [0.1, 0.15) is 0 Å². The predicted octanol–water partition coefficient (Wildman–Crippen LogP) is 44.8. The number of hydrogen-bond acceptors (Lipinski definition) is 0. The molecule has 0 fully saturated rings. The van der Waals surface area contributed by atoms with Crippen molar-refractivity contribution in [2.45, 2.75) is 478 Å². The molecule has 860 valence electrons. The maximum Gasteiger partial charge on any atom is 0.400 e. The molecular formula is C94H169F45. The number of rotatable bonds is 27. The molecule has 45 heteroatoms. The first kappa shape index (κ1) is 164. The molecule has 139 heavy (non-hydrogen) atoms. The van der Waals surface area contributed by atoms with Gasteiger partial charge in [-0.2, -0.15) is 198 Å². The molecule has 0 aliphatic heterocycles. The summed E-state index contributed by atoms with van der Waals surface area (Å²) in [6, 6.07) is 0. The van der Waals surface area contributed by atoms with Crippen molar-refractivity contribution in [1.29, 1.82) is 0 Å². The summed E-state index contributed by atoms with van der Waals surface area (Å²) in [5.74, 6) is -14.6. The minimum absolute atomic E-state index is 0.0658. The van der Waals surface area contributed by atoms with E-state index in [0.717, 1.165) is 12.8 Å². The Morgan fingerprint density at radius 2 is 0.547 bits per heavy atom. The average molecular weight is 2150 g/mol. The van der Waals surface area contributed by atoms with Crippen molar-refractivity contribution < 1.29 is 198 Å². The molecule has 0 aromatic carbocycles. The molecule has 0 nitrogen and oxygen atoms in total. The van der Waals surface area contributed by atoms with E-state index in [1.807, 2.05) is 41.5 Å². The Balaban J connectivity index is -0.000000113. The maximum absolute atomic E-state index is 12.3. The van der Waals surface area contributed by atoms with E-state index in [-0.39, 0.29) is 72.5 Å². The van der Waals surface area contributed by atoms with E-state index in [1.54, 1.807) is 132 Å². The summed E-state index contributed by atoms with van der Waals surface area (Å²) in [6.07, 6.45) is -61.5. The summed E-state index contributed by atoms with van der Waals surface area (Å²) in [4.78, 5) is 0. The van der Waals surface area contributed by atoms with Crippen molar-refractivity contribution in [2.75, 3.05) is 0 Å². The smallest absolute Gasteiger partial charge is 0.171 e. The highest BCUT2D eigenvalue weighted by Crippen LogP contribution is 2.51. The zero-order chi connectivity index (χ0) is 116. The molecule has 0 N–H and O–H groups in total. The Bertz CT molecular complexity index is 2720. The Hall–Kier alpha value is -3.15. The lowest BCUT2D eigenvalue weighted by Gasteiger charge is -2.40. The van der Waals surface area contributed by atoms with Gasteiger partial charge in [0.15, 0.2) is 11.8 Å². The molecule has 10 atom stereocenters. The molecule has 0 rings (SSSR count). The SMILES string of the molecule is CC(C)(C)C(C)(C)C(F)(F)F.CC(C)C(C)(C)C(F)(F)F.CC(C)CC(C(F)(F)F)C(F)(F)F.CC(C)[C@@H](C)C(C)C(F)(F)F.CC(C)[C@@H](C)C(C)C(F)(F)F.CCC(C)(C)CC(F)(F)F.CCC(C)[C@@H](C)C(F)(F)F.CCC(CC)CC(F)(F)F.CCCC(C)(C)C(F)(F)F.CCCCC(C(F)(F)F)C(F)(F)F.CCCC[C@H](C)C(F)(F)F.CCC[C@H](C)CC(F)(F)F.CC[C@H](C)C(C)C(F)(F)F. The number of hydrogen-bond donors (Lipinski definition) is 0. The van der Waals surface area contributed by atoms with Crippen LogP contribution in [0.2, 0.25) is 0 Å². The van der Waals surface area contributed by atoms with Gasteiger partial charge < -0.3 is 0 Å². The quantitative estimate of drug-likeness (QED) is 0.0719. The number of unbranched alkanes of at least 4 members (excludes halogenated alkanes) is 2. The molecule has 0 amide bonds. The fourth-order valence-electron chi connectivity index (χ4n) is 9.70. The third kappa shape index (κ3) is 89.7. The largest absolute Gasteiger partial charge is 0.400 e. The van der Waals surface area contributed by atoms with E-state index in [1.165, 1.54) is 90.0 Å². The monoisotopic (exact) mass is 2150 g/mol. The molecule has 0 spiro atoms. The Labute approximate surface area is 800 Å². The maximum atomic E-state index is 12.3. The van der Waals surface area contributed by atoms with Crippen LogP contribution in [0, 0.1) is 128 Å². The van der Waals surface area contributed by atoms with E-state index < -0.39 is 199 Å². The zero-order valence-electron chi connectivity index (χ0n) is 88.3. The minimum atomic E-state index is -5.19. The van der Waals surface area contributed by atoms with Gasteiger partial charge in [0.05, 0.1) is 45.8 Å². The van der Waals surface area contributed by atoms with Crippen LogP contribution in [-0.2, 0) is 0 Å². The van der Waals surface area contributed by atoms with Crippen molar-refractivity contribution in [2.24, 2.45) is 128 Å². The van der Waals surface area contributed by atoms with Crippen LogP contribution in [0.25, 0.3) is 0 Å². The second kappa shape index (κ2) is 69.2. The molecule has 0 saturated carbocycles. The van der Waals surface area contributed by atoms with Crippen molar-refractivity contribution in [1.82, 2.24) is 0 Å². The van der Waals surface area contributed by atoms with Gasteiger partial charge in [0, 0.05) is 19.3 Å². The van der Waals surface area contributed by atoms with Crippen molar-refractivity contribution >= 4 is 0 Å². The molecule has 0 radical (unpaired) electrons. The fraction of sp³-hybridized carbons (Fsp3) is 1.00. The van der Waals surface area contributed by atoms with E-state index in [9.17, 15) is 198 Å². The highest BCUT2D eigenvalue weighted by molar-refractivity contribution is 4.89. The summed E-state index contributed by atoms with van der Waals surface area (Å²) in [5.41, 5.74) is -6.04. The summed E-state index contributed by atoms with van der Waals surface area (Å²) >= 11 is 0. The van der Waals surface area contributed by atoms with Gasteiger partial charge in [0.2, 0.25) is 0 Å². The zero-order valence-corrected chi connectivity index (χ0v) is 88.3. The van der Waals surface area contributed by atoms with Crippen LogP contribution < -0.4 is 0 Å². The summed E-state index contributed by atoms with van der Waals surface area (Å²) in [7, 11) is 0. The molecule has 0 aliphatic rings. The molecule has 0 heterocycles. The van der Waals surface area contributed by atoms with E-state index in [2.05, 4.69) is 0 Å². The summed E-state index contributed by atoms with van der Waals surface area (Å²) < 4.78 is 535. The Morgan fingerprint density at radius 3 is 0.655 bits per heavy atom. The van der Waals surface area contributed by atoms with Crippen LogP contribution in [0.1, 0.15) is 385 Å². The highest BCUT2D eigenvalue weighted by atomic mass is 19.5. The highest BCUT2D eigenvalue weighted by Gasteiger charge is 2.59. The molecule has 0 aromatic rings. The fourth-order valence-corrected chi connectivity index (χ4v) is 9.70.